The van der Waals surface area contributed by atoms with Crippen molar-refractivity contribution in [1.82, 2.24) is 19.6 Å². The van der Waals surface area contributed by atoms with Crippen LogP contribution >= 0.6 is 0 Å². The molecule has 0 amide bonds. The first-order chi connectivity index (χ1) is 9.33. The molecular weight excluding hydrogens is 240 g/mol. The molecule has 1 fully saturated rings. The minimum absolute atomic E-state index is 0.445. The third-order valence-electron chi connectivity index (χ3n) is 3.77. The van der Waals surface area contributed by atoms with Crippen LogP contribution in [0.4, 0.5) is 0 Å². The summed E-state index contributed by atoms with van der Waals surface area (Å²) in [6.07, 6.45) is 9.31. The van der Waals surface area contributed by atoms with Gasteiger partial charge in [0.25, 0.3) is 0 Å². The molecule has 0 N–H and O–H groups in total. The minimum atomic E-state index is 0.445. The number of hydrogen-bond acceptors (Lipinski definition) is 4. The fraction of sp³-hybridized carbons (Fsp3) is 0.571. The number of aryl methyl sites for hydroxylation is 2. The normalized spacial score (nSPS) is 20.2. The fourth-order valence-electron chi connectivity index (χ4n) is 2.85. The summed E-state index contributed by atoms with van der Waals surface area (Å²) in [4.78, 5) is 6.59. The van der Waals surface area contributed by atoms with Gasteiger partial charge in [0.05, 0.1) is 12.4 Å². The van der Waals surface area contributed by atoms with Gasteiger partial charge in [-0.15, -0.1) is 0 Å². The van der Waals surface area contributed by atoms with E-state index in [-0.39, 0.29) is 0 Å². The molecule has 1 atom stereocenters. The van der Waals surface area contributed by atoms with E-state index in [1.165, 1.54) is 19.4 Å². The van der Waals surface area contributed by atoms with Crippen LogP contribution in [0.2, 0.25) is 0 Å². The van der Waals surface area contributed by atoms with Crippen molar-refractivity contribution < 1.29 is 4.52 Å². The Kier molecular flexibility index (Phi) is 3.64. The highest BCUT2D eigenvalue weighted by molar-refractivity contribution is 5.10. The summed E-state index contributed by atoms with van der Waals surface area (Å²) in [5.74, 6) is 0.903. The Hall–Kier alpha value is -1.62. The maximum atomic E-state index is 5.20. The van der Waals surface area contributed by atoms with Gasteiger partial charge < -0.3 is 9.09 Å². The molecule has 1 aliphatic heterocycles. The van der Waals surface area contributed by atoms with Crippen molar-refractivity contribution in [2.45, 2.75) is 38.8 Å². The molecule has 102 valence electrons. The highest BCUT2D eigenvalue weighted by Gasteiger charge is 2.27. The maximum absolute atomic E-state index is 5.20. The largest absolute Gasteiger partial charge is 0.361 e. The van der Waals surface area contributed by atoms with Gasteiger partial charge in [0.2, 0.25) is 0 Å². The van der Waals surface area contributed by atoms with E-state index in [0.717, 1.165) is 31.0 Å². The van der Waals surface area contributed by atoms with E-state index in [1.54, 1.807) is 0 Å². The van der Waals surface area contributed by atoms with Crippen molar-refractivity contribution in [2.75, 3.05) is 13.1 Å². The van der Waals surface area contributed by atoms with Crippen LogP contribution in [0.1, 0.15) is 36.8 Å². The molecule has 0 aliphatic carbocycles. The van der Waals surface area contributed by atoms with E-state index in [9.17, 15) is 0 Å². The lowest BCUT2D eigenvalue weighted by Crippen LogP contribution is -2.25. The Labute approximate surface area is 113 Å². The molecule has 0 saturated carbocycles. The third-order valence-corrected chi connectivity index (χ3v) is 3.77. The topological polar surface area (TPSA) is 47.1 Å². The molecule has 0 aromatic carbocycles. The Bertz CT molecular complexity index is 505. The lowest BCUT2D eigenvalue weighted by molar-refractivity contribution is 0.238. The Morgan fingerprint density at radius 1 is 1.42 bits per heavy atom. The van der Waals surface area contributed by atoms with Gasteiger partial charge >= 0.3 is 0 Å². The summed E-state index contributed by atoms with van der Waals surface area (Å²) in [6.45, 7) is 5.26. The van der Waals surface area contributed by atoms with E-state index in [1.807, 2.05) is 25.6 Å². The van der Waals surface area contributed by atoms with E-state index in [2.05, 4.69) is 25.7 Å². The molecule has 5 nitrogen and oxygen atoms in total. The molecular formula is C14H20N4O. The monoisotopic (exact) mass is 260 g/mol. The van der Waals surface area contributed by atoms with Gasteiger partial charge in [-0.2, -0.15) is 0 Å². The Balaban J connectivity index is 1.55. The van der Waals surface area contributed by atoms with Crippen LogP contribution in [0.25, 0.3) is 0 Å². The molecule has 3 rings (SSSR count). The van der Waals surface area contributed by atoms with Crippen LogP contribution in [0.5, 0.6) is 0 Å². The number of likely N-dealkylation sites (tertiary alicyclic amines) is 1. The Morgan fingerprint density at radius 2 is 2.37 bits per heavy atom. The summed E-state index contributed by atoms with van der Waals surface area (Å²) in [5.41, 5.74) is 1.10. The van der Waals surface area contributed by atoms with Crippen LogP contribution in [0.3, 0.4) is 0 Å². The number of aromatic nitrogens is 3. The van der Waals surface area contributed by atoms with Crippen LogP contribution < -0.4 is 0 Å². The van der Waals surface area contributed by atoms with Gasteiger partial charge in [0, 0.05) is 31.5 Å². The summed E-state index contributed by atoms with van der Waals surface area (Å²) in [6, 6.07) is 2.51. The lowest BCUT2D eigenvalue weighted by Gasteiger charge is -2.22. The molecule has 0 spiro atoms. The molecule has 1 saturated heterocycles. The standard InChI is InChI=1S/C14H20N4O/c1-12-10-13(16-19-12)14-4-2-7-18(14)8-3-6-17-9-5-15-11-17/h5,9-11,14H,2-4,6-8H2,1H3. The van der Waals surface area contributed by atoms with Crippen LogP contribution in [0.15, 0.2) is 29.3 Å². The second-order valence-corrected chi connectivity index (χ2v) is 5.21. The molecule has 2 aromatic rings. The van der Waals surface area contributed by atoms with Gasteiger partial charge in [-0.05, 0) is 32.7 Å². The van der Waals surface area contributed by atoms with Crippen molar-refractivity contribution in [3.05, 3.63) is 36.2 Å². The van der Waals surface area contributed by atoms with Crippen LogP contribution in [-0.2, 0) is 6.54 Å². The molecule has 1 unspecified atom stereocenters. The highest BCUT2D eigenvalue weighted by atomic mass is 16.5. The summed E-state index contributed by atoms with van der Waals surface area (Å²) < 4.78 is 7.33. The van der Waals surface area contributed by atoms with E-state index in [0.29, 0.717) is 6.04 Å². The zero-order valence-electron chi connectivity index (χ0n) is 11.3. The molecule has 2 aromatic heterocycles. The molecule has 5 heteroatoms. The van der Waals surface area contributed by atoms with Crippen molar-refractivity contribution in [1.29, 1.82) is 0 Å². The average molecular weight is 260 g/mol. The molecule has 0 bridgehead atoms. The Morgan fingerprint density at radius 3 is 3.11 bits per heavy atom. The van der Waals surface area contributed by atoms with Crippen molar-refractivity contribution >= 4 is 0 Å². The first-order valence-corrected chi connectivity index (χ1v) is 6.96. The van der Waals surface area contributed by atoms with Gasteiger partial charge in [0.15, 0.2) is 0 Å². The van der Waals surface area contributed by atoms with Gasteiger partial charge in [-0.3, -0.25) is 4.90 Å². The van der Waals surface area contributed by atoms with E-state index in [4.69, 9.17) is 4.52 Å². The number of hydrogen-bond donors (Lipinski definition) is 0. The molecule has 3 heterocycles. The van der Waals surface area contributed by atoms with Crippen molar-refractivity contribution in [3.63, 3.8) is 0 Å². The predicted octanol–water partition coefficient (Wildman–Crippen LogP) is 2.41. The van der Waals surface area contributed by atoms with Crippen molar-refractivity contribution in [2.24, 2.45) is 0 Å². The summed E-state index contributed by atoms with van der Waals surface area (Å²) in [7, 11) is 0. The number of imidazole rings is 1. The van der Waals surface area contributed by atoms with Gasteiger partial charge in [0.1, 0.15) is 11.5 Å². The predicted molar refractivity (Wildman–Crippen MR) is 71.6 cm³/mol. The smallest absolute Gasteiger partial charge is 0.133 e. The minimum Gasteiger partial charge on any atom is -0.361 e. The first kappa shape index (κ1) is 12.4. The zero-order valence-corrected chi connectivity index (χ0v) is 11.3. The van der Waals surface area contributed by atoms with E-state index < -0.39 is 0 Å². The van der Waals surface area contributed by atoms with E-state index >= 15 is 0 Å². The average Bonchev–Trinajstić information content (AvgIpc) is 3.10. The summed E-state index contributed by atoms with van der Waals surface area (Å²) >= 11 is 0. The molecule has 1 aliphatic rings. The summed E-state index contributed by atoms with van der Waals surface area (Å²) in [5, 5.41) is 4.17. The quantitative estimate of drug-likeness (QED) is 0.828. The maximum Gasteiger partial charge on any atom is 0.133 e. The van der Waals surface area contributed by atoms with Crippen LogP contribution in [0, 0.1) is 6.92 Å². The number of nitrogens with zero attached hydrogens (tertiary/aromatic N) is 4. The first-order valence-electron chi connectivity index (χ1n) is 6.96. The second kappa shape index (κ2) is 5.57. The SMILES string of the molecule is Cc1cc(C2CCCN2CCCn2ccnc2)no1. The fourth-order valence-corrected chi connectivity index (χ4v) is 2.85. The van der Waals surface area contributed by atoms with Crippen LogP contribution in [-0.4, -0.2) is 32.7 Å². The van der Waals surface area contributed by atoms with Gasteiger partial charge in [-0.25, -0.2) is 4.98 Å². The molecule has 19 heavy (non-hydrogen) atoms. The molecule has 0 radical (unpaired) electrons. The lowest BCUT2D eigenvalue weighted by atomic mass is 10.1. The van der Waals surface area contributed by atoms with Crippen molar-refractivity contribution in [3.8, 4) is 0 Å². The van der Waals surface area contributed by atoms with Gasteiger partial charge in [-0.1, -0.05) is 5.16 Å². The zero-order chi connectivity index (χ0) is 13.1. The number of rotatable bonds is 5. The second-order valence-electron chi connectivity index (χ2n) is 5.21. The highest BCUT2D eigenvalue weighted by Crippen LogP contribution is 2.31. The third kappa shape index (κ3) is 2.87.